The average molecular weight is 615 g/mol. The first-order chi connectivity index (χ1) is 23.7. The van der Waals surface area contributed by atoms with E-state index in [0.29, 0.717) is 28.8 Å². The van der Waals surface area contributed by atoms with Crippen molar-refractivity contribution in [2.45, 2.75) is 0 Å². The number of fused-ring (bicyclic) bond motifs is 7. The Morgan fingerprint density at radius 2 is 1.23 bits per heavy atom. The number of ether oxygens (including phenoxy) is 2. The van der Waals surface area contributed by atoms with Crippen LogP contribution in [-0.4, -0.2) is 26.2 Å². The molecule has 222 valence electrons. The fourth-order valence-corrected chi connectivity index (χ4v) is 7.24. The number of para-hydroxylation sites is 4. The number of hydrogen-bond acceptors (Lipinski definition) is 6. The predicted molar refractivity (Wildman–Crippen MR) is 187 cm³/mol. The summed E-state index contributed by atoms with van der Waals surface area (Å²) in [6.07, 6.45) is 0. The van der Waals surface area contributed by atoms with Gasteiger partial charge in [0.2, 0.25) is 11.8 Å². The summed E-state index contributed by atoms with van der Waals surface area (Å²) in [6.45, 7) is -0.0449. The van der Waals surface area contributed by atoms with Crippen LogP contribution in [0.3, 0.4) is 0 Å². The standard InChI is InChI=1S/C40H22BN5O2/c42-23-36-43-39(25-21-34-37-35(22-25)48-33-20-9-6-17-30(33)41(37)29-16-5-8-19-32(29)47-34)45-40(44-36)46-31-18-7-4-13-27(31)28-15-10-14-26(38(28)46)24-11-2-1-3-12-24/h1-22H. The molecule has 8 aromatic rings. The van der Waals surface area contributed by atoms with E-state index in [1.54, 1.807) is 0 Å². The van der Waals surface area contributed by atoms with Crippen molar-refractivity contribution in [1.29, 1.82) is 5.26 Å². The van der Waals surface area contributed by atoms with Gasteiger partial charge in [-0.3, -0.25) is 4.57 Å². The summed E-state index contributed by atoms with van der Waals surface area (Å²) in [5.41, 5.74) is 7.78. The lowest BCUT2D eigenvalue weighted by molar-refractivity contribution is 0.465. The molecule has 2 aliphatic rings. The van der Waals surface area contributed by atoms with Crippen molar-refractivity contribution in [2.24, 2.45) is 0 Å². The molecule has 0 saturated carbocycles. The highest BCUT2D eigenvalue weighted by Crippen LogP contribution is 2.39. The lowest BCUT2D eigenvalue weighted by Gasteiger charge is -2.33. The zero-order chi connectivity index (χ0) is 31.8. The van der Waals surface area contributed by atoms with Crippen LogP contribution in [0.2, 0.25) is 0 Å². The van der Waals surface area contributed by atoms with Crippen LogP contribution in [0.4, 0.5) is 0 Å². The number of aromatic nitrogens is 4. The molecule has 4 heterocycles. The Labute approximate surface area is 275 Å². The zero-order valence-electron chi connectivity index (χ0n) is 25.3. The van der Waals surface area contributed by atoms with Crippen LogP contribution >= 0.6 is 0 Å². The van der Waals surface area contributed by atoms with Crippen LogP contribution in [0.15, 0.2) is 133 Å². The van der Waals surface area contributed by atoms with E-state index in [2.05, 4.69) is 70.6 Å². The van der Waals surface area contributed by atoms with E-state index in [0.717, 1.165) is 60.8 Å². The fraction of sp³-hybridized carbons (Fsp3) is 0. The lowest BCUT2D eigenvalue weighted by Crippen LogP contribution is -2.57. The van der Waals surface area contributed by atoms with Crippen molar-refractivity contribution in [3.63, 3.8) is 0 Å². The monoisotopic (exact) mass is 615 g/mol. The Bertz CT molecular complexity index is 2590. The molecule has 7 nitrogen and oxygen atoms in total. The Morgan fingerprint density at radius 3 is 1.96 bits per heavy atom. The second-order valence-corrected chi connectivity index (χ2v) is 11.9. The summed E-state index contributed by atoms with van der Waals surface area (Å²) in [5, 5.41) is 12.3. The number of benzene rings is 6. The van der Waals surface area contributed by atoms with E-state index in [1.165, 1.54) is 0 Å². The maximum absolute atomic E-state index is 10.2. The van der Waals surface area contributed by atoms with Crippen LogP contribution < -0.4 is 25.9 Å². The largest absolute Gasteiger partial charge is 0.458 e. The fourth-order valence-electron chi connectivity index (χ4n) is 7.24. The normalized spacial score (nSPS) is 12.4. The first-order valence-corrected chi connectivity index (χ1v) is 15.7. The Kier molecular flexibility index (Phi) is 5.60. The van der Waals surface area contributed by atoms with Gasteiger partial charge in [0.05, 0.1) is 11.0 Å². The molecular weight excluding hydrogens is 593 g/mol. The van der Waals surface area contributed by atoms with Gasteiger partial charge >= 0.3 is 0 Å². The first-order valence-electron chi connectivity index (χ1n) is 15.7. The molecule has 0 atom stereocenters. The maximum atomic E-state index is 10.2. The Balaban J connectivity index is 1.21. The van der Waals surface area contributed by atoms with Crippen LogP contribution in [0.1, 0.15) is 5.82 Å². The molecule has 0 unspecified atom stereocenters. The van der Waals surface area contributed by atoms with Crippen molar-refractivity contribution in [3.05, 3.63) is 139 Å². The van der Waals surface area contributed by atoms with Gasteiger partial charge in [0.15, 0.2) is 5.82 Å². The SMILES string of the molecule is N#Cc1nc(-c2cc3c4c(c2)Oc2ccccc2B4c2ccccc2O3)nc(-n2c3ccccc3c3cccc(-c4ccccc4)c32)n1. The minimum absolute atomic E-state index is 0.0138. The van der Waals surface area contributed by atoms with Crippen LogP contribution in [-0.2, 0) is 0 Å². The van der Waals surface area contributed by atoms with Gasteiger partial charge in [0.1, 0.15) is 29.1 Å². The highest BCUT2D eigenvalue weighted by molar-refractivity contribution is 6.98. The summed E-state index contributed by atoms with van der Waals surface area (Å²) in [4.78, 5) is 14.4. The Hall–Kier alpha value is -6.72. The van der Waals surface area contributed by atoms with Gasteiger partial charge in [-0.1, -0.05) is 103 Å². The topological polar surface area (TPSA) is 85.9 Å². The van der Waals surface area contributed by atoms with Crippen molar-refractivity contribution < 1.29 is 9.47 Å². The molecule has 0 amide bonds. The van der Waals surface area contributed by atoms with Gasteiger partial charge in [0, 0.05) is 27.4 Å². The van der Waals surface area contributed by atoms with E-state index in [9.17, 15) is 5.26 Å². The quantitative estimate of drug-likeness (QED) is 0.201. The van der Waals surface area contributed by atoms with Gasteiger partial charge in [-0.2, -0.15) is 20.2 Å². The molecule has 0 bridgehead atoms. The second-order valence-electron chi connectivity index (χ2n) is 11.9. The molecule has 0 saturated heterocycles. The summed E-state index contributed by atoms with van der Waals surface area (Å²) in [5.74, 6) is 3.65. The summed E-state index contributed by atoms with van der Waals surface area (Å²) in [6, 6.07) is 47.0. The molecule has 0 N–H and O–H groups in total. The minimum atomic E-state index is -0.0449. The van der Waals surface area contributed by atoms with E-state index in [-0.39, 0.29) is 12.5 Å². The summed E-state index contributed by atoms with van der Waals surface area (Å²) < 4.78 is 15.1. The summed E-state index contributed by atoms with van der Waals surface area (Å²) in [7, 11) is 0. The van der Waals surface area contributed by atoms with Gasteiger partial charge in [0.25, 0.3) is 6.71 Å². The van der Waals surface area contributed by atoms with Crippen molar-refractivity contribution in [3.8, 4) is 57.5 Å². The van der Waals surface area contributed by atoms with Crippen LogP contribution in [0.25, 0.3) is 50.3 Å². The number of rotatable bonds is 3. The van der Waals surface area contributed by atoms with Crippen molar-refractivity contribution >= 4 is 44.9 Å². The predicted octanol–water partition coefficient (Wildman–Crippen LogP) is 6.90. The maximum Gasteiger partial charge on any atom is 0.260 e. The molecule has 8 heteroatoms. The molecule has 2 aliphatic heterocycles. The van der Waals surface area contributed by atoms with Gasteiger partial charge in [-0.25, -0.2) is 0 Å². The smallest absolute Gasteiger partial charge is 0.260 e. The van der Waals surface area contributed by atoms with Crippen LogP contribution in [0.5, 0.6) is 23.0 Å². The number of nitrogens with zero attached hydrogens (tertiary/aromatic N) is 5. The molecule has 0 radical (unpaired) electrons. The lowest BCUT2D eigenvalue weighted by atomic mass is 9.35. The highest BCUT2D eigenvalue weighted by atomic mass is 16.5. The molecular formula is C40H22BN5O2. The highest BCUT2D eigenvalue weighted by Gasteiger charge is 2.40. The number of hydrogen-bond donors (Lipinski definition) is 0. The number of nitriles is 1. The Morgan fingerprint density at radius 1 is 0.583 bits per heavy atom. The van der Waals surface area contributed by atoms with Gasteiger partial charge in [-0.15, -0.1) is 0 Å². The minimum Gasteiger partial charge on any atom is -0.458 e. The van der Waals surface area contributed by atoms with Crippen molar-refractivity contribution in [1.82, 2.24) is 19.5 Å². The molecule has 6 aromatic carbocycles. The molecule has 0 fully saturated rings. The van der Waals surface area contributed by atoms with Gasteiger partial charge in [-0.05, 0) is 46.8 Å². The second kappa shape index (κ2) is 10.1. The van der Waals surface area contributed by atoms with E-state index in [4.69, 9.17) is 14.5 Å². The van der Waals surface area contributed by atoms with E-state index in [1.807, 2.05) is 83.4 Å². The van der Waals surface area contributed by atoms with Crippen LogP contribution in [0, 0.1) is 11.3 Å². The van der Waals surface area contributed by atoms with E-state index >= 15 is 0 Å². The van der Waals surface area contributed by atoms with E-state index < -0.39 is 0 Å². The zero-order valence-corrected chi connectivity index (χ0v) is 25.3. The van der Waals surface area contributed by atoms with Crippen molar-refractivity contribution in [2.75, 3.05) is 0 Å². The molecule has 48 heavy (non-hydrogen) atoms. The summed E-state index contributed by atoms with van der Waals surface area (Å²) >= 11 is 0. The molecule has 0 spiro atoms. The average Bonchev–Trinajstić information content (AvgIpc) is 3.49. The molecule has 10 rings (SSSR count). The third-order valence-corrected chi connectivity index (χ3v) is 9.25. The molecule has 2 aromatic heterocycles. The first kappa shape index (κ1) is 26.5. The van der Waals surface area contributed by atoms with Gasteiger partial charge < -0.3 is 9.47 Å². The third kappa shape index (κ3) is 3.85. The third-order valence-electron chi connectivity index (χ3n) is 9.25. The molecule has 0 aliphatic carbocycles.